The number of hydrogen-bond acceptors (Lipinski definition) is 2. The van der Waals surface area contributed by atoms with Crippen LogP contribution in [0, 0.1) is 13.8 Å². The number of rotatable bonds is 2. The summed E-state index contributed by atoms with van der Waals surface area (Å²) in [7, 11) is 0. The summed E-state index contributed by atoms with van der Waals surface area (Å²) < 4.78 is 1.89. The van der Waals surface area contributed by atoms with E-state index in [4.69, 9.17) is 0 Å². The summed E-state index contributed by atoms with van der Waals surface area (Å²) in [6.07, 6.45) is 3.46. The molecule has 1 aliphatic rings. The van der Waals surface area contributed by atoms with Crippen LogP contribution in [0.1, 0.15) is 41.0 Å². The fraction of sp³-hybridized carbons (Fsp3) is 0.412. The monoisotopic (exact) mass is 283 g/mol. The summed E-state index contributed by atoms with van der Waals surface area (Å²) in [6.45, 7) is 5.76. The number of benzene rings is 1. The zero-order valence-electron chi connectivity index (χ0n) is 12.7. The van der Waals surface area contributed by atoms with E-state index in [0.717, 1.165) is 48.6 Å². The highest BCUT2D eigenvalue weighted by molar-refractivity contribution is 5.94. The zero-order valence-corrected chi connectivity index (χ0v) is 12.7. The Morgan fingerprint density at radius 1 is 1.10 bits per heavy atom. The molecular weight excluding hydrogens is 262 g/mol. The van der Waals surface area contributed by atoms with Crippen molar-refractivity contribution in [1.29, 1.82) is 0 Å². The SMILES string of the molecule is Cc1cc(C)n(-c2cccc(C(=O)N3CCCCC3)c2)n1. The smallest absolute Gasteiger partial charge is 0.253 e. The van der Waals surface area contributed by atoms with Crippen LogP contribution in [-0.4, -0.2) is 33.7 Å². The van der Waals surface area contributed by atoms with Gasteiger partial charge < -0.3 is 4.90 Å². The molecule has 21 heavy (non-hydrogen) atoms. The molecule has 1 aromatic heterocycles. The Balaban J connectivity index is 1.89. The Morgan fingerprint density at radius 3 is 2.52 bits per heavy atom. The summed E-state index contributed by atoms with van der Waals surface area (Å²) >= 11 is 0. The predicted octanol–water partition coefficient (Wildman–Crippen LogP) is 3.12. The molecule has 0 aliphatic carbocycles. The third-order valence-electron chi connectivity index (χ3n) is 3.99. The highest BCUT2D eigenvalue weighted by Gasteiger charge is 2.18. The number of likely N-dealkylation sites (tertiary alicyclic amines) is 1. The average Bonchev–Trinajstić information content (AvgIpc) is 2.86. The Kier molecular flexibility index (Phi) is 3.78. The topological polar surface area (TPSA) is 38.1 Å². The number of carbonyl (C=O) groups excluding carboxylic acids is 1. The van der Waals surface area contributed by atoms with Crippen LogP contribution in [0.4, 0.5) is 0 Å². The van der Waals surface area contributed by atoms with Crippen molar-refractivity contribution in [2.75, 3.05) is 13.1 Å². The molecule has 2 aromatic rings. The quantitative estimate of drug-likeness (QED) is 0.849. The van der Waals surface area contributed by atoms with Crippen molar-refractivity contribution < 1.29 is 4.79 Å². The standard InChI is InChI=1S/C17H21N3O/c1-13-11-14(2)20(18-13)16-8-6-7-15(12-16)17(21)19-9-4-3-5-10-19/h6-8,11-12H,3-5,9-10H2,1-2H3. The van der Waals surface area contributed by atoms with Crippen molar-refractivity contribution in [3.05, 3.63) is 47.3 Å². The molecule has 1 fully saturated rings. The Morgan fingerprint density at radius 2 is 1.86 bits per heavy atom. The zero-order chi connectivity index (χ0) is 14.8. The van der Waals surface area contributed by atoms with Gasteiger partial charge in [0.2, 0.25) is 0 Å². The molecule has 0 spiro atoms. The highest BCUT2D eigenvalue weighted by Crippen LogP contribution is 2.17. The molecule has 0 unspecified atom stereocenters. The maximum atomic E-state index is 12.6. The van der Waals surface area contributed by atoms with Gasteiger partial charge in [-0.3, -0.25) is 4.79 Å². The summed E-state index contributed by atoms with van der Waals surface area (Å²) in [6, 6.07) is 9.80. The minimum absolute atomic E-state index is 0.137. The highest BCUT2D eigenvalue weighted by atomic mass is 16.2. The van der Waals surface area contributed by atoms with Crippen LogP contribution in [0.5, 0.6) is 0 Å². The van der Waals surface area contributed by atoms with Crippen LogP contribution in [0.15, 0.2) is 30.3 Å². The van der Waals surface area contributed by atoms with Crippen molar-refractivity contribution in [2.24, 2.45) is 0 Å². The largest absolute Gasteiger partial charge is 0.339 e. The molecule has 1 saturated heterocycles. The van der Waals surface area contributed by atoms with Crippen LogP contribution >= 0.6 is 0 Å². The number of aryl methyl sites for hydroxylation is 2. The maximum Gasteiger partial charge on any atom is 0.253 e. The molecule has 4 nitrogen and oxygen atoms in total. The number of hydrogen-bond donors (Lipinski definition) is 0. The molecule has 1 aromatic carbocycles. The van der Waals surface area contributed by atoms with Gasteiger partial charge in [0.05, 0.1) is 11.4 Å². The number of aromatic nitrogens is 2. The number of carbonyl (C=O) groups is 1. The first-order chi connectivity index (χ1) is 10.1. The van der Waals surface area contributed by atoms with E-state index < -0.39 is 0 Å². The summed E-state index contributed by atoms with van der Waals surface area (Å²) in [5.74, 6) is 0.137. The lowest BCUT2D eigenvalue weighted by Gasteiger charge is -2.26. The van der Waals surface area contributed by atoms with Gasteiger partial charge in [0.15, 0.2) is 0 Å². The van der Waals surface area contributed by atoms with Crippen LogP contribution in [0.3, 0.4) is 0 Å². The summed E-state index contributed by atoms with van der Waals surface area (Å²) in [4.78, 5) is 14.5. The Bertz CT molecular complexity index is 654. The van der Waals surface area contributed by atoms with Gasteiger partial charge >= 0.3 is 0 Å². The van der Waals surface area contributed by atoms with E-state index in [0.29, 0.717) is 0 Å². The van der Waals surface area contributed by atoms with Gasteiger partial charge in [-0.25, -0.2) is 4.68 Å². The van der Waals surface area contributed by atoms with E-state index in [1.54, 1.807) is 0 Å². The first-order valence-corrected chi connectivity index (χ1v) is 7.58. The normalized spacial score (nSPS) is 15.2. The van der Waals surface area contributed by atoms with Gasteiger partial charge in [0, 0.05) is 24.3 Å². The van der Waals surface area contributed by atoms with E-state index in [9.17, 15) is 4.79 Å². The molecule has 4 heteroatoms. The second-order valence-corrected chi connectivity index (χ2v) is 5.74. The minimum Gasteiger partial charge on any atom is -0.339 e. The van der Waals surface area contributed by atoms with Gasteiger partial charge in [0.1, 0.15) is 0 Å². The molecule has 1 aliphatic heterocycles. The maximum absolute atomic E-state index is 12.6. The average molecular weight is 283 g/mol. The fourth-order valence-corrected chi connectivity index (χ4v) is 2.94. The van der Waals surface area contributed by atoms with Gasteiger partial charge in [-0.15, -0.1) is 0 Å². The lowest BCUT2D eigenvalue weighted by molar-refractivity contribution is 0.0724. The van der Waals surface area contributed by atoms with Crippen molar-refractivity contribution in [3.63, 3.8) is 0 Å². The Labute approximate surface area is 125 Å². The fourth-order valence-electron chi connectivity index (χ4n) is 2.94. The van der Waals surface area contributed by atoms with Crippen LogP contribution < -0.4 is 0 Å². The molecule has 0 bridgehead atoms. The van der Waals surface area contributed by atoms with Gasteiger partial charge in [-0.05, 0) is 57.4 Å². The molecule has 3 rings (SSSR count). The van der Waals surface area contributed by atoms with Crippen LogP contribution in [0.25, 0.3) is 5.69 Å². The van der Waals surface area contributed by atoms with Crippen molar-refractivity contribution in [2.45, 2.75) is 33.1 Å². The van der Waals surface area contributed by atoms with Crippen molar-refractivity contribution >= 4 is 5.91 Å². The predicted molar refractivity (Wildman–Crippen MR) is 82.8 cm³/mol. The lowest BCUT2D eigenvalue weighted by atomic mass is 10.1. The number of piperidine rings is 1. The first-order valence-electron chi connectivity index (χ1n) is 7.58. The number of amides is 1. The molecule has 0 radical (unpaired) electrons. The van der Waals surface area contributed by atoms with E-state index in [2.05, 4.69) is 5.10 Å². The van der Waals surface area contributed by atoms with Crippen LogP contribution in [-0.2, 0) is 0 Å². The molecule has 1 amide bonds. The third kappa shape index (κ3) is 2.84. The first kappa shape index (κ1) is 13.9. The van der Waals surface area contributed by atoms with Crippen molar-refractivity contribution in [3.8, 4) is 5.69 Å². The minimum atomic E-state index is 0.137. The van der Waals surface area contributed by atoms with Gasteiger partial charge in [0.25, 0.3) is 5.91 Å². The van der Waals surface area contributed by atoms with Gasteiger partial charge in [-0.1, -0.05) is 6.07 Å². The summed E-state index contributed by atoms with van der Waals surface area (Å²) in [5.41, 5.74) is 3.76. The molecule has 0 atom stereocenters. The van der Waals surface area contributed by atoms with Crippen molar-refractivity contribution in [1.82, 2.24) is 14.7 Å². The molecule has 0 N–H and O–H groups in total. The summed E-state index contributed by atoms with van der Waals surface area (Å²) in [5, 5.41) is 4.49. The molecular formula is C17H21N3O. The van der Waals surface area contributed by atoms with Crippen LogP contribution in [0.2, 0.25) is 0 Å². The second kappa shape index (κ2) is 5.72. The number of nitrogens with zero attached hydrogens (tertiary/aromatic N) is 3. The third-order valence-corrected chi connectivity index (χ3v) is 3.99. The van der Waals surface area contributed by atoms with E-state index in [-0.39, 0.29) is 5.91 Å². The molecule has 2 heterocycles. The molecule has 0 saturated carbocycles. The Hall–Kier alpha value is -2.10. The molecule has 110 valence electrons. The lowest BCUT2D eigenvalue weighted by Crippen LogP contribution is -2.35. The van der Waals surface area contributed by atoms with Gasteiger partial charge in [-0.2, -0.15) is 5.10 Å². The van der Waals surface area contributed by atoms with E-state index in [1.165, 1.54) is 6.42 Å². The van der Waals surface area contributed by atoms with E-state index >= 15 is 0 Å². The van der Waals surface area contributed by atoms with E-state index in [1.807, 2.05) is 53.8 Å². The second-order valence-electron chi connectivity index (χ2n) is 5.74.